The Morgan fingerprint density at radius 3 is 2.65 bits per heavy atom. The first-order valence-electron chi connectivity index (χ1n) is 6.92. The van der Waals surface area contributed by atoms with Crippen molar-refractivity contribution in [3.05, 3.63) is 51.2 Å². The highest BCUT2D eigenvalue weighted by molar-refractivity contribution is 7.89. The molecule has 0 radical (unpaired) electrons. The molecular weight excluding hydrogens is 356 g/mol. The van der Waals surface area contributed by atoms with Crippen molar-refractivity contribution < 1.29 is 13.2 Å². The highest BCUT2D eigenvalue weighted by atomic mass is 35.5. The van der Waals surface area contributed by atoms with Crippen molar-refractivity contribution in [3.8, 4) is 0 Å². The number of thiophene rings is 1. The zero-order chi connectivity index (χ0) is 17.0. The maximum Gasteiger partial charge on any atom is 0.253 e. The summed E-state index contributed by atoms with van der Waals surface area (Å²) in [5, 5.41) is 4.86. The molecule has 5 nitrogen and oxygen atoms in total. The van der Waals surface area contributed by atoms with Crippen LogP contribution in [0, 0.1) is 0 Å². The van der Waals surface area contributed by atoms with Gasteiger partial charge in [-0.15, -0.1) is 11.3 Å². The average Bonchev–Trinajstić information content (AvgIpc) is 2.97. The van der Waals surface area contributed by atoms with Gasteiger partial charge in [0.25, 0.3) is 5.91 Å². The maximum absolute atomic E-state index is 12.3. The van der Waals surface area contributed by atoms with Crippen molar-refractivity contribution in [2.24, 2.45) is 0 Å². The standard InChI is InChI=1S/C15H17ClN2O3S2/c1-10(2)18-23(20,21)12-5-6-14(16)13(8-12)15(19)17-9-11-4-3-7-22-11/h3-8,10,18H,9H2,1-2H3,(H,17,19). The average molecular weight is 373 g/mol. The monoisotopic (exact) mass is 372 g/mol. The number of carbonyl (C=O) groups excluding carboxylic acids is 1. The summed E-state index contributed by atoms with van der Waals surface area (Å²) in [5.41, 5.74) is 0.134. The van der Waals surface area contributed by atoms with Gasteiger partial charge < -0.3 is 5.32 Å². The molecule has 1 aromatic heterocycles. The van der Waals surface area contributed by atoms with Crippen LogP contribution in [0.2, 0.25) is 5.02 Å². The molecule has 8 heteroatoms. The molecule has 0 atom stereocenters. The number of nitrogens with one attached hydrogen (secondary N) is 2. The lowest BCUT2D eigenvalue weighted by Crippen LogP contribution is -2.30. The SMILES string of the molecule is CC(C)NS(=O)(=O)c1ccc(Cl)c(C(=O)NCc2cccs2)c1. The Hall–Kier alpha value is -1.41. The molecule has 124 valence electrons. The Bertz CT molecular complexity index is 787. The fourth-order valence-corrected chi connectivity index (χ4v) is 4.02. The normalized spacial score (nSPS) is 11.7. The molecule has 0 fully saturated rings. The van der Waals surface area contributed by atoms with Crippen LogP contribution in [0.25, 0.3) is 0 Å². The third-order valence-electron chi connectivity index (χ3n) is 2.89. The zero-order valence-corrected chi connectivity index (χ0v) is 15.1. The molecule has 0 unspecified atom stereocenters. The molecule has 2 rings (SSSR count). The number of carbonyl (C=O) groups is 1. The summed E-state index contributed by atoms with van der Waals surface area (Å²) in [6, 6.07) is 7.63. The Morgan fingerprint density at radius 1 is 1.30 bits per heavy atom. The van der Waals surface area contributed by atoms with Crippen molar-refractivity contribution in [2.75, 3.05) is 0 Å². The Labute approximate surface area is 144 Å². The zero-order valence-electron chi connectivity index (χ0n) is 12.7. The van der Waals surface area contributed by atoms with Crippen LogP contribution in [0.4, 0.5) is 0 Å². The molecule has 23 heavy (non-hydrogen) atoms. The lowest BCUT2D eigenvalue weighted by Gasteiger charge is -2.12. The summed E-state index contributed by atoms with van der Waals surface area (Å²) in [6.07, 6.45) is 0. The van der Waals surface area contributed by atoms with E-state index in [-0.39, 0.29) is 21.5 Å². The van der Waals surface area contributed by atoms with Crippen LogP contribution >= 0.6 is 22.9 Å². The molecule has 2 aromatic rings. The van der Waals surface area contributed by atoms with Crippen LogP contribution < -0.4 is 10.0 Å². The molecule has 0 bridgehead atoms. The fourth-order valence-electron chi connectivity index (χ4n) is 1.90. The molecule has 0 saturated carbocycles. The predicted octanol–water partition coefficient (Wildman–Crippen LogP) is 3.02. The van der Waals surface area contributed by atoms with Crippen LogP contribution in [-0.2, 0) is 16.6 Å². The summed E-state index contributed by atoms with van der Waals surface area (Å²) >= 11 is 7.56. The maximum atomic E-state index is 12.3. The summed E-state index contributed by atoms with van der Waals surface area (Å²) in [4.78, 5) is 13.3. The Balaban J connectivity index is 2.21. The van der Waals surface area contributed by atoms with Gasteiger partial charge in [0, 0.05) is 10.9 Å². The lowest BCUT2D eigenvalue weighted by molar-refractivity contribution is 0.0951. The van der Waals surface area contributed by atoms with Gasteiger partial charge in [0.2, 0.25) is 10.0 Å². The van der Waals surface area contributed by atoms with Gasteiger partial charge in [0.05, 0.1) is 22.0 Å². The molecular formula is C15H17ClN2O3S2. The second-order valence-electron chi connectivity index (χ2n) is 5.18. The number of halogens is 1. The second kappa shape index (κ2) is 7.44. The van der Waals surface area contributed by atoms with E-state index >= 15 is 0 Å². The number of sulfonamides is 1. The first-order valence-corrected chi connectivity index (χ1v) is 9.66. The van der Waals surface area contributed by atoms with Crippen LogP contribution in [0.3, 0.4) is 0 Å². The molecule has 0 spiro atoms. The number of hydrogen-bond acceptors (Lipinski definition) is 4. The molecule has 0 aliphatic rings. The van der Waals surface area contributed by atoms with Gasteiger partial charge in [0.15, 0.2) is 0 Å². The van der Waals surface area contributed by atoms with Crippen molar-refractivity contribution in [1.29, 1.82) is 0 Å². The lowest BCUT2D eigenvalue weighted by atomic mass is 10.2. The van der Waals surface area contributed by atoms with Crippen LogP contribution in [0.15, 0.2) is 40.6 Å². The highest BCUT2D eigenvalue weighted by Crippen LogP contribution is 2.21. The third kappa shape index (κ3) is 4.78. The van der Waals surface area contributed by atoms with Crippen LogP contribution in [0.1, 0.15) is 29.1 Å². The predicted molar refractivity (Wildman–Crippen MR) is 92.4 cm³/mol. The first-order chi connectivity index (χ1) is 10.8. The summed E-state index contributed by atoms with van der Waals surface area (Å²) in [5.74, 6) is -0.412. The van der Waals surface area contributed by atoms with Gasteiger partial charge in [0.1, 0.15) is 0 Å². The van der Waals surface area contributed by atoms with Gasteiger partial charge in [-0.25, -0.2) is 13.1 Å². The van der Waals surface area contributed by atoms with E-state index in [2.05, 4.69) is 10.0 Å². The van der Waals surface area contributed by atoms with Crippen molar-refractivity contribution >= 4 is 38.9 Å². The van der Waals surface area contributed by atoms with E-state index < -0.39 is 15.9 Å². The van der Waals surface area contributed by atoms with E-state index in [4.69, 9.17) is 11.6 Å². The van der Waals surface area contributed by atoms with Crippen molar-refractivity contribution in [3.63, 3.8) is 0 Å². The summed E-state index contributed by atoms with van der Waals surface area (Å²) in [7, 11) is -3.68. The van der Waals surface area contributed by atoms with E-state index in [1.807, 2.05) is 17.5 Å². The number of benzene rings is 1. The van der Waals surface area contributed by atoms with Gasteiger partial charge in [-0.05, 0) is 43.5 Å². The van der Waals surface area contributed by atoms with Crippen molar-refractivity contribution in [2.45, 2.75) is 31.3 Å². The fraction of sp³-hybridized carbons (Fsp3) is 0.267. The molecule has 1 amide bonds. The Morgan fingerprint density at radius 2 is 2.04 bits per heavy atom. The molecule has 0 saturated heterocycles. The quantitative estimate of drug-likeness (QED) is 0.818. The van der Waals surface area contributed by atoms with Crippen LogP contribution in [0.5, 0.6) is 0 Å². The summed E-state index contributed by atoms with van der Waals surface area (Å²) < 4.78 is 26.9. The minimum Gasteiger partial charge on any atom is -0.347 e. The minimum atomic E-state index is -3.68. The minimum absolute atomic E-state index is 0.0110. The summed E-state index contributed by atoms with van der Waals surface area (Å²) in [6.45, 7) is 3.82. The van der Waals surface area contributed by atoms with E-state index in [1.165, 1.54) is 29.5 Å². The van der Waals surface area contributed by atoms with Gasteiger partial charge >= 0.3 is 0 Å². The van der Waals surface area contributed by atoms with Gasteiger partial charge in [-0.3, -0.25) is 4.79 Å². The molecule has 0 aliphatic carbocycles. The van der Waals surface area contributed by atoms with E-state index in [0.717, 1.165) is 4.88 Å². The topological polar surface area (TPSA) is 75.3 Å². The van der Waals surface area contributed by atoms with Crippen molar-refractivity contribution in [1.82, 2.24) is 10.0 Å². The number of hydrogen-bond donors (Lipinski definition) is 2. The largest absolute Gasteiger partial charge is 0.347 e. The Kier molecular flexibility index (Phi) is 5.80. The number of amides is 1. The molecule has 1 aromatic carbocycles. The molecule has 2 N–H and O–H groups in total. The highest BCUT2D eigenvalue weighted by Gasteiger charge is 2.19. The van der Waals surface area contributed by atoms with Crippen LogP contribution in [-0.4, -0.2) is 20.4 Å². The third-order valence-corrected chi connectivity index (χ3v) is 5.75. The molecule has 1 heterocycles. The van der Waals surface area contributed by atoms with E-state index in [0.29, 0.717) is 6.54 Å². The molecule has 0 aliphatic heterocycles. The smallest absolute Gasteiger partial charge is 0.253 e. The first kappa shape index (κ1) is 17.9. The van der Waals surface area contributed by atoms with E-state index in [1.54, 1.807) is 13.8 Å². The second-order valence-corrected chi connectivity index (χ2v) is 8.33. The van der Waals surface area contributed by atoms with Gasteiger partial charge in [-0.2, -0.15) is 0 Å². The van der Waals surface area contributed by atoms with Gasteiger partial charge in [-0.1, -0.05) is 17.7 Å². The number of rotatable bonds is 6. The van der Waals surface area contributed by atoms with E-state index in [9.17, 15) is 13.2 Å².